The number of carbonyl (C=O) groups is 1. The van der Waals surface area contributed by atoms with Gasteiger partial charge in [-0.05, 0) is 25.7 Å². The lowest BCUT2D eigenvalue weighted by Gasteiger charge is -2.33. The van der Waals surface area contributed by atoms with Crippen LogP contribution in [-0.2, 0) is 4.79 Å². The summed E-state index contributed by atoms with van der Waals surface area (Å²) in [5, 5.41) is 0. The zero-order chi connectivity index (χ0) is 15.1. The lowest BCUT2D eigenvalue weighted by Crippen LogP contribution is -3.13. The van der Waals surface area contributed by atoms with E-state index in [2.05, 4.69) is 19.1 Å². The van der Waals surface area contributed by atoms with Gasteiger partial charge in [0.25, 0.3) is 0 Å². The van der Waals surface area contributed by atoms with Gasteiger partial charge in [-0.15, -0.1) is 0 Å². The number of hydrogen-bond donors (Lipinski definition) is 1. The molecule has 1 amide bonds. The molecular formula is C18H33N2O+. The summed E-state index contributed by atoms with van der Waals surface area (Å²) in [5.41, 5.74) is 0. The van der Waals surface area contributed by atoms with Crippen LogP contribution < -0.4 is 4.90 Å². The van der Waals surface area contributed by atoms with E-state index in [1.807, 2.05) is 11.9 Å². The molecule has 21 heavy (non-hydrogen) atoms. The van der Waals surface area contributed by atoms with Gasteiger partial charge in [0.05, 0.1) is 19.6 Å². The van der Waals surface area contributed by atoms with Crippen LogP contribution in [0.1, 0.15) is 51.9 Å². The van der Waals surface area contributed by atoms with Crippen LogP contribution in [-0.4, -0.2) is 44.0 Å². The topological polar surface area (TPSA) is 24.8 Å². The number of carbonyl (C=O) groups excluding carboxylic acids is 1. The highest BCUT2D eigenvalue weighted by Crippen LogP contribution is 2.17. The van der Waals surface area contributed by atoms with E-state index in [1.165, 1.54) is 38.9 Å². The summed E-state index contributed by atoms with van der Waals surface area (Å²) in [7, 11) is 1.98. The molecule has 1 heterocycles. The third kappa shape index (κ3) is 5.14. The van der Waals surface area contributed by atoms with Crippen LogP contribution in [0, 0.1) is 11.8 Å². The minimum Gasteiger partial charge on any atom is -0.346 e. The predicted octanol–water partition coefficient (Wildman–Crippen LogP) is 1.90. The van der Waals surface area contributed by atoms with Crippen molar-refractivity contribution in [3.63, 3.8) is 0 Å². The number of amides is 1. The van der Waals surface area contributed by atoms with E-state index in [0.29, 0.717) is 11.8 Å². The van der Waals surface area contributed by atoms with Gasteiger partial charge in [-0.1, -0.05) is 25.5 Å². The summed E-state index contributed by atoms with van der Waals surface area (Å²) in [5.74, 6) is 1.56. The Morgan fingerprint density at radius 1 is 1.24 bits per heavy atom. The fourth-order valence-corrected chi connectivity index (χ4v) is 3.74. The maximum absolute atomic E-state index is 12.4. The first-order valence-electron chi connectivity index (χ1n) is 8.94. The van der Waals surface area contributed by atoms with Crippen molar-refractivity contribution in [2.45, 2.75) is 51.9 Å². The quantitative estimate of drug-likeness (QED) is 0.743. The minimum atomic E-state index is 0.293. The van der Waals surface area contributed by atoms with Gasteiger partial charge in [0.15, 0.2) is 0 Å². The number of likely N-dealkylation sites (tertiary alicyclic amines) is 1. The van der Waals surface area contributed by atoms with Gasteiger partial charge < -0.3 is 9.80 Å². The molecule has 1 fully saturated rings. The van der Waals surface area contributed by atoms with Gasteiger partial charge >= 0.3 is 0 Å². The molecule has 0 aromatic heterocycles. The minimum absolute atomic E-state index is 0.293. The summed E-state index contributed by atoms with van der Waals surface area (Å²) in [6.45, 7) is 6.81. The van der Waals surface area contributed by atoms with E-state index < -0.39 is 0 Å². The molecule has 0 bridgehead atoms. The number of rotatable bonds is 6. The molecule has 0 spiro atoms. The van der Waals surface area contributed by atoms with Crippen LogP contribution >= 0.6 is 0 Å². The second-order valence-corrected chi connectivity index (χ2v) is 6.99. The molecule has 3 heteroatoms. The van der Waals surface area contributed by atoms with Crippen LogP contribution in [0.2, 0.25) is 0 Å². The second kappa shape index (κ2) is 8.57. The Hall–Kier alpha value is -0.830. The third-order valence-corrected chi connectivity index (χ3v) is 5.22. The zero-order valence-electron chi connectivity index (χ0n) is 13.9. The van der Waals surface area contributed by atoms with Crippen LogP contribution in [0.4, 0.5) is 0 Å². The standard InChI is InChI=1S/C18H32N2O/c1-3-4-12-19(2)18(21)17-10-13-20(14-11-17)15-16-8-6-5-7-9-16/h5-6,16-17H,3-4,7-15H2,1-2H3/p+1/t16-/m0/s1. The molecule has 1 aliphatic heterocycles. The molecule has 0 radical (unpaired) electrons. The zero-order valence-corrected chi connectivity index (χ0v) is 13.9. The molecule has 0 aromatic carbocycles. The van der Waals surface area contributed by atoms with Crippen molar-refractivity contribution in [2.24, 2.45) is 11.8 Å². The first-order chi connectivity index (χ1) is 10.2. The molecule has 0 aromatic rings. The van der Waals surface area contributed by atoms with Crippen molar-refractivity contribution >= 4 is 5.91 Å². The fraction of sp³-hybridized carbons (Fsp3) is 0.833. The van der Waals surface area contributed by atoms with E-state index in [-0.39, 0.29) is 0 Å². The van der Waals surface area contributed by atoms with Crippen LogP contribution in [0.15, 0.2) is 12.2 Å². The Balaban J connectivity index is 1.69. The molecule has 1 saturated heterocycles. The van der Waals surface area contributed by atoms with Gasteiger partial charge in [-0.25, -0.2) is 0 Å². The Morgan fingerprint density at radius 3 is 2.62 bits per heavy atom. The summed E-state index contributed by atoms with van der Waals surface area (Å²) >= 11 is 0. The van der Waals surface area contributed by atoms with E-state index in [4.69, 9.17) is 0 Å². The number of hydrogen-bond acceptors (Lipinski definition) is 1. The summed E-state index contributed by atoms with van der Waals surface area (Å²) in [6, 6.07) is 0. The Kier molecular flexibility index (Phi) is 6.75. The van der Waals surface area contributed by atoms with E-state index in [1.54, 1.807) is 4.90 Å². The predicted molar refractivity (Wildman–Crippen MR) is 87.3 cm³/mol. The first kappa shape index (κ1) is 16.5. The normalized spacial score (nSPS) is 29.3. The van der Waals surface area contributed by atoms with Gasteiger partial charge in [-0.2, -0.15) is 0 Å². The molecule has 120 valence electrons. The van der Waals surface area contributed by atoms with Gasteiger partial charge in [0.1, 0.15) is 0 Å². The highest BCUT2D eigenvalue weighted by atomic mass is 16.2. The Bertz CT molecular complexity index is 345. The molecule has 2 rings (SSSR count). The SMILES string of the molecule is CCCCN(C)C(=O)C1CC[NH+](C[C@H]2CC=CCC2)CC1. The summed E-state index contributed by atoms with van der Waals surface area (Å²) < 4.78 is 0. The average molecular weight is 293 g/mol. The first-order valence-corrected chi connectivity index (χ1v) is 8.94. The average Bonchev–Trinajstić information content (AvgIpc) is 2.53. The number of quaternary nitrogens is 1. The van der Waals surface area contributed by atoms with Crippen molar-refractivity contribution in [3.05, 3.63) is 12.2 Å². The molecule has 1 aliphatic carbocycles. The molecule has 0 unspecified atom stereocenters. The fourth-order valence-electron chi connectivity index (χ4n) is 3.74. The third-order valence-electron chi connectivity index (χ3n) is 5.22. The van der Waals surface area contributed by atoms with E-state index in [0.717, 1.165) is 38.1 Å². The van der Waals surface area contributed by atoms with Crippen molar-refractivity contribution in [2.75, 3.05) is 33.2 Å². The van der Waals surface area contributed by atoms with Crippen molar-refractivity contribution < 1.29 is 9.69 Å². The van der Waals surface area contributed by atoms with Crippen molar-refractivity contribution in [1.29, 1.82) is 0 Å². The molecular weight excluding hydrogens is 260 g/mol. The highest BCUT2D eigenvalue weighted by molar-refractivity contribution is 5.78. The van der Waals surface area contributed by atoms with Gasteiger partial charge in [-0.3, -0.25) is 4.79 Å². The van der Waals surface area contributed by atoms with Crippen LogP contribution in [0.3, 0.4) is 0 Å². The number of unbranched alkanes of at least 4 members (excludes halogenated alkanes) is 1. The van der Waals surface area contributed by atoms with Crippen LogP contribution in [0.5, 0.6) is 0 Å². The van der Waals surface area contributed by atoms with Gasteiger partial charge in [0, 0.05) is 38.3 Å². The van der Waals surface area contributed by atoms with Gasteiger partial charge in [0.2, 0.25) is 5.91 Å². The monoisotopic (exact) mass is 293 g/mol. The number of nitrogens with one attached hydrogen (secondary N) is 1. The van der Waals surface area contributed by atoms with E-state index in [9.17, 15) is 4.79 Å². The number of piperidine rings is 1. The maximum Gasteiger partial charge on any atom is 0.225 e. The lowest BCUT2D eigenvalue weighted by atomic mass is 9.91. The largest absolute Gasteiger partial charge is 0.346 e. The van der Waals surface area contributed by atoms with Crippen molar-refractivity contribution in [3.8, 4) is 0 Å². The number of nitrogens with zero attached hydrogens (tertiary/aromatic N) is 1. The summed E-state index contributed by atoms with van der Waals surface area (Å²) in [6.07, 6.45) is 13.0. The van der Waals surface area contributed by atoms with Crippen molar-refractivity contribution in [1.82, 2.24) is 4.90 Å². The summed E-state index contributed by atoms with van der Waals surface area (Å²) in [4.78, 5) is 16.1. The second-order valence-electron chi connectivity index (χ2n) is 6.99. The lowest BCUT2D eigenvalue weighted by molar-refractivity contribution is -0.909. The molecule has 2 aliphatic rings. The molecule has 0 saturated carbocycles. The smallest absolute Gasteiger partial charge is 0.225 e. The highest BCUT2D eigenvalue weighted by Gasteiger charge is 2.30. The Morgan fingerprint density at radius 2 is 2.00 bits per heavy atom. The maximum atomic E-state index is 12.4. The van der Waals surface area contributed by atoms with E-state index >= 15 is 0 Å². The Labute approximate surface area is 130 Å². The molecule has 1 N–H and O–H groups in total. The number of allylic oxidation sites excluding steroid dienone is 2. The molecule has 1 atom stereocenters. The van der Waals surface area contributed by atoms with Crippen LogP contribution in [0.25, 0.3) is 0 Å². The molecule has 3 nitrogen and oxygen atoms in total.